The van der Waals surface area contributed by atoms with Crippen LogP contribution in [0.15, 0.2) is 23.7 Å². The van der Waals surface area contributed by atoms with Gasteiger partial charge in [-0.15, -0.1) is 11.3 Å². The summed E-state index contributed by atoms with van der Waals surface area (Å²) in [6.45, 7) is 2.68. The van der Waals surface area contributed by atoms with Gasteiger partial charge in [0.2, 0.25) is 0 Å². The predicted octanol–water partition coefficient (Wildman–Crippen LogP) is 2.03. The van der Waals surface area contributed by atoms with Gasteiger partial charge >= 0.3 is 0 Å². The van der Waals surface area contributed by atoms with Gasteiger partial charge in [-0.1, -0.05) is 0 Å². The molecule has 0 aliphatic rings. The maximum absolute atomic E-state index is 11.9. The fraction of sp³-hybridized carbons (Fsp3) is 0.286. The number of nitrogens with one attached hydrogen (secondary N) is 1. The molecule has 0 unspecified atom stereocenters. The zero-order valence-electron chi connectivity index (χ0n) is 11.8. The second-order valence-electron chi connectivity index (χ2n) is 4.57. The minimum atomic E-state index is -0.118. The van der Waals surface area contributed by atoms with Crippen molar-refractivity contribution >= 4 is 28.6 Å². The Morgan fingerprint density at radius 3 is 2.85 bits per heavy atom. The largest absolute Gasteiger partial charge is 0.399 e. The first-order valence-corrected chi connectivity index (χ1v) is 7.12. The van der Waals surface area contributed by atoms with E-state index in [0.717, 1.165) is 11.4 Å². The van der Waals surface area contributed by atoms with Crippen LogP contribution in [0.4, 0.5) is 11.4 Å². The van der Waals surface area contributed by atoms with E-state index in [1.54, 1.807) is 30.5 Å². The van der Waals surface area contributed by atoms with Gasteiger partial charge in [-0.3, -0.25) is 4.79 Å². The number of amides is 1. The summed E-state index contributed by atoms with van der Waals surface area (Å²) in [6, 6.07) is 5.31. The lowest BCUT2D eigenvalue weighted by atomic mass is 10.1. The minimum absolute atomic E-state index is 0.118. The zero-order chi connectivity index (χ0) is 14.7. The summed E-state index contributed by atoms with van der Waals surface area (Å²) in [6.07, 6.45) is 0. The van der Waals surface area contributed by atoms with E-state index < -0.39 is 0 Å². The summed E-state index contributed by atoms with van der Waals surface area (Å²) in [4.78, 5) is 19.4. The molecule has 1 aromatic heterocycles. The topological polar surface area (TPSA) is 71.2 Å². The number of hydrogen-bond acceptors (Lipinski definition) is 5. The first-order valence-electron chi connectivity index (χ1n) is 6.24. The summed E-state index contributed by atoms with van der Waals surface area (Å²) in [5.41, 5.74) is 10.8. The van der Waals surface area contributed by atoms with Crippen LogP contribution in [0.2, 0.25) is 0 Å². The number of hydrogen-bond donors (Lipinski definition) is 2. The standard InChI is InChI=1S/C14H18N4OS/c1-9-13(20-8-17-9)7-18(3)12-6-10(15)4-5-11(12)14(19)16-2/h4-6,8H,7,15H2,1-3H3,(H,16,19). The quantitative estimate of drug-likeness (QED) is 0.845. The van der Waals surface area contributed by atoms with Crippen LogP contribution in [0.1, 0.15) is 20.9 Å². The summed E-state index contributed by atoms with van der Waals surface area (Å²) in [7, 11) is 3.57. The van der Waals surface area contributed by atoms with Crippen molar-refractivity contribution in [1.29, 1.82) is 0 Å². The molecule has 0 bridgehead atoms. The van der Waals surface area contributed by atoms with Crippen LogP contribution in [-0.4, -0.2) is 25.0 Å². The van der Waals surface area contributed by atoms with Crippen LogP contribution in [-0.2, 0) is 6.54 Å². The molecule has 1 amide bonds. The third kappa shape index (κ3) is 2.91. The van der Waals surface area contributed by atoms with E-state index in [2.05, 4.69) is 10.3 Å². The van der Waals surface area contributed by atoms with Crippen molar-refractivity contribution in [3.8, 4) is 0 Å². The Morgan fingerprint density at radius 2 is 2.25 bits per heavy atom. The number of nitrogen functional groups attached to an aromatic ring is 1. The zero-order valence-corrected chi connectivity index (χ0v) is 12.6. The predicted molar refractivity (Wildman–Crippen MR) is 83.2 cm³/mol. The van der Waals surface area contributed by atoms with Gasteiger partial charge in [-0.25, -0.2) is 4.98 Å². The van der Waals surface area contributed by atoms with E-state index in [1.165, 1.54) is 4.88 Å². The molecule has 5 nitrogen and oxygen atoms in total. The minimum Gasteiger partial charge on any atom is -0.399 e. The molecule has 0 spiro atoms. The molecule has 3 N–H and O–H groups in total. The van der Waals surface area contributed by atoms with Crippen LogP contribution in [0.5, 0.6) is 0 Å². The molecule has 1 aromatic carbocycles. The highest BCUT2D eigenvalue weighted by Crippen LogP contribution is 2.25. The average Bonchev–Trinajstić information content (AvgIpc) is 2.83. The molecule has 2 rings (SSSR count). The fourth-order valence-electron chi connectivity index (χ4n) is 1.97. The van der Waals surface area contributed by atoms with Gasteiger partial charge in [0.15, 0.2) is 0 Å². The summed E-state index contributed by atoms with van der Waals surface area (Å²) in [5.74, 6) is -0.118. The van der Waals surface area contributed by atoms with E-state index in [4.69, 9.17) is 5.73 Å². The van der Waals surface area contributed by atoms with Gasteiger partial charge in [0, 0.05) is 24.7 Å². The van der Waals surface area contributed by atoms with Crippen molar-refractivity contribution in [3.05, 3.63) is 39.8 Å². The third-order valence-electron chi connectivity index (χ3n) is 3.13. The van der Waals surface area contributed by atoms with Crippen LogP contribution >= 0.6 is 11.3 Å². The Kier molecular flexibility index (Phi) is 4.24. The van der Waals surface area contributed by atoms with Gasteiger partial charge in [-0.05, 0) is 25.1 Å². The number of nitrogens with two attached hydrogens (primary N) is 1. The molecular formula is C14H18N4OS. The monoisotopic (exact) mass is 290 g/mol. The maximum Gasteiger partial charge on any atom is 0.253 e. The number of rotatable bonds is 4. The van der Waals surface area contributed by atoms with Gasteiger partial charge in [0.1, 0.15) is 0 Å². The molecule has 1 heterocycles. The van der Waals surface area contributed by atoms with E-state index in [1.807, 2.05) is 30.4 Å². The van der Waals surface area contributed by atoms with Crippen molar-refractivity contribution in [1.82, 2.24) is 10.3 Å². The van der Waals surface area contributed by atoms with Crippen LogP contribution in [0.3, 0.4) is 0 Å². The van der Waals surface area contributed by atoms with E-state index in [-0.39, 0.29) is 5.91 Å². The van der Waals surface area contributed by atoms with E-state index >= 15 is 0 Å². The Hall–Kier alpha value is -2.08. The number of carbonyl (C=O) groups excluding carboxylic acids is 1. The SMILES string of the molecule is CNC(=O)c1ccc(N)cc1N(C)Cc1scnc1C. The van der Waals surface area contributed by atoms with Crippen molar-refractivity contribution in [2.24, 2.45) is 0 Å². The molecule has 0 radical (unpaired) electrons. The molecule has 106 valence electrons. The molecule has 2 aromatic rings. The second kappa shape index (κ2) is 5.92. The number of aryl methyl sites for hydroxylation is 1. The highest BCUT2D eigenvalue weighted by molar-refractivity contribution is 7.09. The Bertz CT molecular complexity index is 623. The maximum atomic E-state index is 11.9. The molecule has 0 atom stereocenters. The Morgan fingerprint density at radius 1 is 1.50 bits per heavy atom. The molecule has 0 aliphatic carbocycles. The van der Waals surface area contributed by atoms with E-state index in [0.29, 0.717) is 17.8 Å². The highest BCUT2D eigenvalue weighted by atomic mass is 32.1. The van der Waals surface area contributed by atoms with Crippen molar-refractivity contribution in [2.75, 3.05) is 24.7 Å². The number of benzene rings is 1. The molecule has 0 saturated carbocycles. The smallest absolute Gasteiger partial charge is 0.253 e. The summed E-state index contributed by atoms with van der Waals surface area (Å²) in [5, 5.41) is 2.65. The molecule has 0 aliphatic heterocycles. The van der Waals surface area contributed by atoms with Gasteiger partial charge in [0.25, 0.3) is 5.91 Å². The van der Waals surface area contributed by atoms with E-state index in [9.17, 15) is 4.79 Å². The average molecular weight is 290 g/mol. The number of aromatic nitrogens is 1. The van der Waals surface area contributed by atoms with Crippen LogP contribution in [0.25, 0.3) is 0 Å². The van der Waals surface area contributed by atoms with Gasteiger partial charge < -0.3 is 16.0 Å². The van der Waals surface area contributed by atoms with Crippen molar-refractivity contribution < 1.29 is 4.79 Å². The lowest BCUT2D eigenvalue weighted by Gasteiger charge is -2.22. The van der Waals surface area contributed by atoms with Crippen LogP contribution in [0, 0.1) is 6.92 Å². The third-order valence-corrected chi connectivity index (χ3v) is 4.05. The first kappa shape index (κ1) is 14.3. The Balaban J connectivity index is 2.33. The summed E-state index contributed by atoms with van der Waals surface area (Å²) >= 11 is 1.61. The lowest BCUT2D eigenvalue weighted by molar-refractivity contribution is 0.0963. The van der Waals surface area contributed by atoms with Gasteiger partial charge in [0.05, 0.1) is 29.0 Å². The Labute approximate surface area is 122 Å². The molecule has 0 fully saturated rings. The normalized spacial score (nSPS) is 10.3. The van der Waals surface area contributed by atoms with Gasteiger partial charge in [-0.2, -0.15) is 0 Å². The first-order chi connectivity index (χ1) is 9.52. The molecule has 20 heavy (non-hydrogen) atoms. The van der Waals surface area contributed by atoms with Crippen molar-refractivity contribution in [2.45, 2.75) is 13.5 Å². The van der Waals surface area contributed by atoms with Crippen LogP contribution < -0.4 is 16.0 Å². The number of thiazole rings is 1. The lowest BCUT2D eigenvalue weighted by Crippen LogP contribution is -2.24. The fourth-order valence-corrected chi connectivity index (χ4v) is 2.80. The number of nitrogens with zero attached hydrogens (tertiary/aromatic N) is 2. The summed E-state index contributed by atoms with van der Waals surface area (Å²) < 4.78 is 0. The molecule has 6 heteroatoms. The number of carbonyl (C=O) groups is 1. The molecular weight excluding hydrogens is 272 g/mol. The van der Waals surface area contributed by atoms with Crippen molar-refractivity contribution in [3.63, 3.8) is 0 Å². The number of anilines is 2. The second-order valence-corrected chi connectivity index (χ2v) is 5.51. The molecule has 0 saturated heterocycles. The highest BCUT2D eigenvalue weighted by Gasteiger charge is 2.15.